The van der Waals surface area contributed by atoms with Crippen LogP contribution in [0.5, 0.6) is 0 Å². The highest BCUT2D eigenvalue weighted by Gasteiger charge is 2.04. The Morgan fingerprint density at radius 3 is 1.73 bits per heavy atom. The van der Waals surface area contributed by atoms with E-state index in [1.54, 1.807) is 12.3 Å². The van der Waals surface area contributed by atoms with E-state index in [1.807, 2.05) is 0 Å². The lowest BCUT2D eigenvalue weighted by Gasteiger charge is -2.06. The van der Waals surface area contributed by atoms with E-state index in [9.17, 15) is 9.59 Å². The molecule has 30 heavy (non-hydrogen) atoms. The van der Waals surface area contributed by atoms with Gasteiger partial charge >= 0.3 is 11.9 Å². The molecule has 0 N–H and O–H groups in total. The van der Waals surface area contributed by atoms with Crippen LogP contribution in [0.2, 0.25) is 0 Å². The Morgan fingerprint density at radius 2 is 1.23 bits per heavy atom. The fraction of sp³-hybridized carbons (Fsp3) is 0.750. The fourth-order valence-corrected chi connectivity index (χ4v) is 3.49. The molecule has 0 rings (SSSR count). The third-order valence-corrected chi connectivity index (χ3v) is 5.32. The first-order valence-electron chi connectivity index (χ1n) is 11.4. The van der Waals surface area contributed by atoms with Crippen LogP contribution in [0.25, 0.3) is 0 Å². The van der Waals surface area contributed by atoms with Crippen molar-refractivity contribution in [2.24, 2.45) is 0 Å². The van der Waals surface area contributed by atoms with Crippen LogP contribution >= 0.6 is 24.4 Å². The molecule has 6 heteroatoms. The van der Waals surface area contributed by atoms with Crippen LogP contribution in [0.4, 0.5) is 0 Å². The SMILES string of the molecule is C=C(C)C(=O)OCCCCCCCCCCCCOC(=O)CCCCC(=S)CC=S. The van der Waals surface area contributed by atoms with Crippen molar-refractivity contribution < 1.29 is 19.1 Å². The van der Waals surface area contributed by atoms with E-state index in [2.05, 4.69) is 6.58 Å². The minimum atomic E-state index is -0.288. The third-order valence-electron chi connectivity index (χ3n) is 4.78. The average molecular weight is 457 g/mol. The molecule has 0 saturated carbocycles. The number of ether oxygens (including phenoxy) is 2. The Hall–Kier alpha value is -1.14. The van der Waals surface area contributed by atoms with Gasteiger partial charge in [0.1, 0.15) is 0 Å². The maximum absolute atomic E-state index is 11.7. The Kier molecular flexibility index (Phi) is 20.3. The Labute approximate surface area is 194 Å². The van der Waals surface area contributed by atoms with Crippen molar-refractivity contribution in [2.75, 3.05) is 13.2 Å². The van der Waals surface area contributed by atoms with E-state index in [1.165, 1.54) is 38.5 Å². The van der Waals surface area contributed by atoms with Crippen molar-refractivity contribution in [1.82, 2.24) is 0 Å². The predicted octanol–water partition coefficient (Wildman–Crippen LogP) is 6.87. The van der Waals surface area contributed by atoms with Crippen molar-refractivity contribution in [3.63, 3.8) is 0 Å². The van der Waals surface area contributed by atoms with E-state index in [4.69, 9.17) is 33.9 Å². The number of carbonyl (C=O) groups excluding carboxylic acids is 2. The zero-order valence-electron chi connectivity index (χ0n) is 18.8. The summed E-state index contributed by atoms with van der Waals surface area (Å²) < 4.78 is 10.4. The number of hydrogen-bond donors (Lipinski definition) is 0. The van der Waals surface area contributed by atoms with Gasteiger partial charge in [0, 0.05) is 18.4 Å². The zero-order chi connectivity index (χ0) is 22.5. The van der Waals surface area contributed by atoms with Crippen LogP contribution in [0, 0.1) is 0 Å². The van der Waals surface area contributed by atoms with Gasteiger partial charge in [0.25, 0.3) is 0 Å². The highest BCUT2D eigenvalue weighted by molar-refractivity contribution is 7.81. The lowest BCUT2D eigenvalue weighted by Crippen LogP contribution is -2.06. The van der Waals surface area contributed by atoms with Crippen LogP contribution < -0.4 is 0 Å². The van der Waals surface area contributed by atoms with Gasteiger partial charge in [-0.25, -0.2) is 4.79 Å². The molecular formula is C24H40O4S2. The van der Waals surface area contributed by atoms with Gasteiger partial charge < -0.3 is 9.47 Å². The van der Waals surface area contributed by atoms with Gasteiger partial charge in [-0.05, 0) is 49.3 Å². The monoisotopic (exact) mass is 456 g/mol. The predicted molar refractivity (Wildman–Crippen MR) is 132 cm³/mol. The highest BCUT2D eigenvalue weighted by Crippen LogP contribution is 2.11. The van der Waals surface area contributed by atoms with Gasteiger partial charge in [-0.2, -0.15) is 0 Å². The van der Waals surface area contributed by atoms with E-state index >= 15 is 0 Å². The normalized spacial score (nSPS) is 10.4. The average Bonchev–Trinajstić information content (AvgIpc) is 2.71. The second-order valence-corrected chi connectivity index (χ2v) is 8.70. The van der Waals surface area contributed by atoms with E-state index in [0.29, 0.717) is 31.6 Å². The molecule has 0 spiro atoms. The van der Waals surface area contributed by atoms with Crippen LogP contribution in [-0.2, 0) is 19.1 Å². The quantitative estimate of drug-likeness (QED) is 0.0813. The highest BCUT2D eigenvalue weighted by atomic mass is 32.1. The number of thiocarbonyl (C=S) groups is 2. The van der Waals surface area contributed by atoms with Gasteiger partial charge in [0.2, 0.25) is 0 Å². The summed E-state index contributed by atoms with van der Waals surface area (Å²) >= 11 is 9.96. The number of esters is 2. The number of carbonyl (C=O) groups is 2. The first-order valence-corrected chi connectivity index (χ1v) is 12.3. The molecule has 0 unspecified atom stereocenters. The van der Waals surface area contributed by atoms with Crippen molar-refractivity contribution in [3.8, 4) is 0 Å². The van der Waals surface area contributed by atoms with Crippen LogP contribution in [0.1, 0.15) is 103 Å². The van der Waals surface area contributed by atoms with E-state index in [-0.39, 0.29) is 11.9 Å². The van der Waals surface area contributed by atoms with E-state index in [0.717, 1.165) is 49.8 Å². The van der Waals surface area contributed by atoms with Crippen LogP contribution in [0.15, 0.2) is 12.2 Å². The molecule has 0 aromatic rings. The Bertz CT molecular complexity index is 517. The second kappa shape index (κ2) is 21.1. The van der Waals surface area contributed by atoms with Crippen molar-refractivity contribution >= 4 is 46.6 Å². The summed E-state index contributed by atoms with van der Waals surface area (Å²) in [6, 6.07) is 0. The summed E-state index contributed by atoms with van der Waals surface area (Å²) in [5.74, 6) is -0.381. The van der Waals surface area contributed by atoms with Gasteiger partial charge in [-0.3, -0.25) is 4.79 Å². The van der Waals surface area contributed by atoms with Crippen molar-refractivity contribution in [1.29, 1.82) is 0 Å². The van der Waals surface area contributed by atoms with E-state index < -0.39 is 0 Å². The largest absolute Gasteiger partial charge is 0.466 e. The lowest BCUT2D eigenvalue weighted by atomic mass is 10.1. The summed E-state index contributed by atoms with van der Waals surface area (Å²) in [7, 11) is 0. The molecule has 0 aromatic heterocycles. The molecule has 0 radical (unpaired) electrons. The number of hydrogen-bond acceptors (Lipinski definition) is 6. The summed E-state index contributed by atoms with van der Waals surface area (Å²) in [6.07, 6.45) is 15.3. The van der Waals surface area contributed by atoms with Crippen molar-refractivity contribution in [3.05, 3.63) is 12.2 Å². The first kappa shape index (κ1) is 28.9. The number of rotatable bonds is 21. The molecule has 0 aromatic carbocycles. The van der Waals surface area contributed by atoms with Gasteiger partial charge in [0.15, 0.2) is 0 Å². The molecule has 0 heterocycles. The van der Waals surface area contributed by atoms with Gasteiger partial charge in [-0.1, -0.05) is 82.4 Å². The standard InChI is InChI=1S/C24H40O4S2/c1-21(2)24(26)28-19-14-10-8-6-4-3-5-7-9-13-18-27-23(25)16-12-11-15-22(30)17-20-29/h20H,1,3-19H2,2H3. The third kappa shape index (κ3) is 20.1. The van der Waals surface area contributed by atoms with Gasteiger partial charge in [0.05, 0.1) is 13.2 Å². The molecule has 0 saturated heterocycles. The molecule has 172 valence electrons. The van der Waals surface area contributed by atoms with Crippen LogP contribution in [-0.4, -0.2) is 35.4 Å². The summed E-state index contributed by atoms with van der Waals surface area (Å²) in [5.41, 5.74) is 0.461. The maximum Gasteiger partial charge on any atom is 0.333 e. The molecule has 0 fully saturated rings. The zero-order valence-corrected chi connectivity index (χ0v) is 20.4. The Morgan fingerprint density at radius 1 is 0.767 bits per heavy atom. The molecule has 0 aliphatic rings. The smallest absolute Gasteiger partial charge is 0.333 e. The summed E-state index contributed by atoms with van der Waals surface area (Å²) in [5, 5.41) is 1.66. The second-order valence-electron chi connectivity index (χ2n) is 7.79. The fourth-order valence-electron chi connectivity index (χ4n) is 2.95. The Balaban J connectivity index is 3.26. The molecule has 4 nitrogen and oxygen atoms in total. The molecule has 0 aliphatic carbocycles. The molecular weight excluding hydrogens is 416 g/mol. The van der Waals surface area contributed by atoms with Crippen LogP contribution in [0.3, 0.4) is 0 Å². The van der Waals surface area contributed by atoms with Gasteiger partial charge in [-0.15, -0.1) is 0 Å². The number of unbranched alkanes of at least 4 members (excludes halogenated alkanes) is 10. The molecule has 0 aliphatic heterocycles. The molecule has 0 atom stereocenters. The lowest BCUT2D eigenvalue weighted by molar-refractivity contribution is -0.144. The minimum Gasteiger partial charge on any atom is -0.466 e. The summed E-state index contributed by atoms with van der Waals surface area (Å²) in [6.45, 7) is 6.27. The molecule has 0 bridgehead atoms. The first-order chi connectivity index (χ1) is 14.5. The van der Waals surface area contributed by atoms with Crippen molar-refractivity contribution in [2.45, 2.75) is 103 Å². The molecule has 0 amide bonds. The topological polar surface area (TPSA) is 52.6 Å². The summed E-state index contributed by atoms with van der Waals surface area (Å²) in [4.78, 5) is 23.9. The maximum atomic E-state index is 11.7. The minimum absolute atomic E-state index is 0.0925.